The predicted octanol–water partition coefficient (Wildman–Crippen LogP) is 3.75. The average molecular weight is 300 g/mol. The fourth-order valence-corrected chi connectivity index (χ4v) is 2.55. The SMILES string of the molecule is Cc1ccc(NC(=O)CSc2ccc(C(C)N)cc2)cc1. The van der Waals surface area contributed by atoms with E-state index in [0.29, 0.717) is 5.75 Å². The van der Waals surface area contributed by atoms with Crippen molar-refractivity contribution in [3.8, 4) is 0 Å². The molecular formula is C17H20N2OS. The lowest BCUT2D eigenvalue weighted by Gasteiger charge is -2.07. The van der Waals surface area contributed by atoms with E-state index in [-0.39, 0.29) is 11.9 Å². The molecule has 2 aromatic rings. The first kappa shape index (κ1) is 15.6. The highest BCUT2D eigenvalue weighted by Crippen LogP contribution is 2.20. The van der Waals surface area contributed by atoms with Crippen LogP contribution in [0.3, 0.4) is 0 Å². The van der Waals surface area contributed by atoms with Gasteiger partial charge in [0.2, 0.25) is 5.91 Å². The second kappa shape index (κ2) is 7.29. The van der Waals surface area contributed by atoms with Gasteiger partial charge in [-0.25, -0.2) is 0 Å². The number of rotatable bonds is 5. The number of hydrogen-bond acceptors (Lipinski definition) is 3. The number of nitrogens with one attached hydrogen (secondary N) is 1. The number of hydrogen-bond donors (Lipinski definition) is 2. The fraction of sp³-hybridized carbons (Fsp3) is 0.235. The van der Waals surface area contributed by atoms with Crippen LogP contribution in [-0.4, -0.2) is 11.7 Å². The number of carbonyl (C=O) groups is 1. The smallest absolute Gasteiger partial charge is 0.234 e. The normalized spacial score (nSPS) is 12.0. The quantitative estimate of drug-likeness (QED) is 0.827. The number of aryl methyl sites for hydroxylation is 1. The Balaban J connectivity index is 1.84. The lowest BCUT2D eigenvalue weighted by molar-refractivity contribution is -0.113. The number of thioether (sulfide) groups is 1. The van der Waals surface area contributed by atoms with Crippen LogP contribution >= 0.6 is 11.8 Å². The monoisotopic (exact) mass is 300 g/mol. The Bertz CT molecular complexity index is 591. The highest BCUT2D eigenvalue weighted by molar-refractivity contribution is 8.00. The molecule has 0 spiro atoms. The van der Waals surface area contributed by atoms with Crippen LogP contribution in [0.4, 0.5) is 5.69 Å². The van der Waals surface area contributed by atoms with Gasteiger partial charge < -0.3 is 11.1 Å². The van der Waals surface area contributed by atoms with Gasteiger partial charge >= 0.3 is 0 Å². The van der Waals surface area contributed by atoms with Gasteiger partial charge in [0.05, 0.1) is 5.75 Å². The summed E-state index contributed by atoms with van der Waals surface area (Å²) in [7, 11) is 0. The topological polar surface area (TPSA) is 55.1 Å². The molecule has 0 fully saturated rings. The summed E-state index contributed by atoms with van der Waals surface area (Å²) >= 11 is 1.52. The predicted molar refractivity (Wildman–Crippen MR) is 89.6 cm³/mol. The van der Waals surface area contributed by atoms with E-state index in [1.165, 1.54) is 17.3 Å². The minimum Gasteiger partial charge on any atom is -0.325 e. The lowest BCUT2D eigenvalue weighted by atomic mass is 10.1. The molecule has 0 radical (unpaired) electrons. The van der Waals surface area contributed by atoms with Gasteiger partial charge in [-0.2, -0.15) is 0 Å². The van der Waals surface area contributed by atoms with Crippen LogP contribution in [0.5, 0.6) is 0 Å². The van der Waals surface area contributed by atoms with E-state index < -0.39 is 0 Å². The molecule has 1 unspecified atom stereocenters. The Morgan fingerprint density at radius 1 is 1.14 bits per heavy atom. The first-order valence-corrected chi connectivity index (χ1v) is 7.88. The first-order chi connectivity index (χ1) is 10.0. The third kappa shape index (κ3) is 4.92. The molecular weight excluding hydrogens is 280 g/mol. The molecule has 2 aromatic carbocycles. The van der Waals surface area contributed by atoms with Gasteiger partial charge in [0, 0.05) is 16.6 Å². The fourth-order valence-electron chi connectivity index (χ4n) is 1.85. The second-order valence-corrected chi connectivity index (χ2v) is 6.11. The molecule has 0 aliphatic carbocycles. The highest BCUT2D eigenvalue weighted by Gasteiger charge is 2.04. The maximum atomic E-state index is 11.9. The van der Waals surface area contributed by atoms with Crippen molar-refractivity contribution in [3.05, 3.63) is 59.7 Å². The molecule has 0 saturated heterocycles. The third-order valence-corrected chi connectivity index (χ3v) is 4.12. The molecule has 0 bridgehead atoms. The van der Waals surface area contributed by atoms with E-state index in [1.807, 2.05) is 62.4 Å². The van der Waals surface area contributed by atoms with E-state index in [0.717, 1.165) is 16.1 Å². The zero-order valence-corrected chi connectivity index (χ0v) is 13.1. The Labute approximate surface area is 129 Å². The molecule has 0 aromatic heterocycles. The van der Waals surface area contributed by atoms with Gasteiger partial charge in [-0.1, -0.05) is 29.8 Å². The standard InChI is InChI=1S/C17H20N2OS/c1-12-3-7-15(8-4-12)19-17(20)11-21-16-9-5-14(6-10-16)13(2)18/h3-10,13H,11,18H2,1-2H3,(H,19,20). The molecule has 0 heterocycles. The van der Waals surface area contributed by atoms with Crippen LogP contribution in [0.1, 0.15) is 24.1 Å². The van der Waals surface area contributed by atoms with E-state index >= 15 is 0 Å². The van der Waals surface area contributed by atoms with E-state index in [4.69, 9.17) is 5.73 Å². The molecule has 0 aliphatic rings. The van der Waals surface area contributed by atoms with Crippen molar-refractivity contribution < 1.29 is 4.79 Å². The van der Waals surface area contributed by atoms with Crippen LogP contribution < -0.4 is 11.1 Å². The van der Waals surface area contributed by atoms with Gasteiger partial charge in [-0.3, -0.25) is 4.79 Å². The summed E-state index contributed by atoms with van der Waals surface area (Å²) in [6.07, 6.45) is 0. The maximum Gasteiger partial charge on any atom is 0.234 e. The van der Waals surface area contributed by atoms with E-state index in [1.54, 1.807) is 0 Å². The Kier molecular flexibility index (Phi) is 5.42. The van der Waals surface area contributed by atoms with Crippen LogP contribution in [0.15, 0.2) is 53.4 Å². The molecule has 1 amide bonds. The summed E-state index contributed by atoms with van der Waals surface area (Å²) in [5.41, 5.74) is 8.92. The van der Waals surface area contributed by atoms with E-state index in [9.17, 15) is 4.79 Å². The molecule has 0 saturated carbocycles. The number of carbonyl (C=O) groups excluding carboxylic acids is 1. The zero-order valence-electron chi connectivity index (χ0n) is 12.3. The number of nitrogens with two attached hydrogens (primary N) is 1. The van der Waals surface area contributed by atoms with Gasteiger partial charge in [0.1, 0.15) is 0 Å². The zero-order chi connectivity index (χ0) is 15.2. The van der Waals surface area contributed by atoms with Crippen molar-refractivity contribution in [2.45, 2.75) is 24.8 Å². The molecule has 21 heavy (non-hydrogen) atoms. The molecule has 4 heteroatoms. The number of amides is 1. The molecule has 0 aliphatic heterocycles. The Hall–Kier alpha value is -1.78. The summed E-state index contributed by atoms with van der Waals surface area (Å²) in [6, 6.07) is 15.8. The molecule has 2 rings (SSSR count). The largest absolute Gasteiger partial charge is 0.325 e. The maximum absolute atomic E-state index is 11.9. The van der Waals surface area contributed by atoms with Crippen LogP contribution in [0.25, 0.3) is 0 Å². The van der Waals surface area contributed by atoms with Crippen molar-refractivity contribution in [2.75, 3.05) is 11.1 Å². The lowest BCUT2D eigenvalue weighted by Crippen LogP contribution is -2.13. The van der Waals surface area contributed by atoms with Crippen molar-refractivity contribution in [1.29, 1.82) is 0 Å². The number of anilines is 1. The van der Waals surface area contributed by atoms with Gasteiger partial charge in [0.15, 0.2) is 0 Å². The summed E-state index contributed by atoms with van der Waals surface area (Å²) in [5, 5.41) is 2.89. The summed E-state index contributed by atoms with van der Waals surface area (Å²) in [4.78, 5) is 13.0. The average Bonchev–Trinajstić information content (AvgIpc) is 2.48. The third-order valence-electron chi connectivity index (χ3n) is 3.11. The van der Waals surface area contributed by atoms with Crippen molar-refractivity contribution in [3.63, 3.8) is 0 Å². The summed E-state index contributed by atoms with van der Waals surface area (Å²) < 4.78 is 0. The van der Waals surface area contributed by atoms with E-state index in [2.05, 4.69) is 5.32 Å². The highest BCUT2D eigenvalue weighted by atomic mass is 32.2. The second-order valence-electron chi connectivity index (χ2n) is 5.06. The van der Waals surface area contributed by atoms with Crippen molar-refractivity contribution >= 4 is 23.4 Å². The minimum atomic E-state index is 0.000113. The molecule has 3 N–H and O–H groups in total. The molecule has 3 nitrogen and oxygen atoms in total. The molecule has 1 atom stereocenters. The number of benzene rings is 2. The summed E-state index contributed by atoms with van der Waals surface area (Å²) in [6.45, 7) is 3.98. The summed E-state index contributed by atoms with van der Waals surface area (Å²) in [5.74, 6) is 0.394. The van der Waals surface area contributed by atoms with Gasteiger partial charge in [-0.15, -0.1) is 11.8 Å². The molecule has 110 valence electrons. The first-order valence-electron chi connectivity index (χ1n) is 6.89. The van der Waals surface area contributed by atoms with Crippen molar-refractivity contribution in [2.24, 2.45) is 5.73 Å². The van der Waals surface area contributed by atoms with Gasteiger partial charge in [-0.05, 0) is 43.7 Å². The van der Waals surface area contributed by atoms with Crippen molar-refractivity contribution in [1.82, 2.24) is 0 Å². The van der Waals surface area contributed by atoms with Crippen LogP contribution in [0.2, 0.25) is 0 Å². The Morgan fingerprint density at radius 3 is 2.33 bits per heavy atom. The van der Waals surface area contributed by atoms with Gasteiger partial charge in [0.25, 0.3) is 0 Å². The minimum absolute atomic E-state index is 0.000113. The Morgan fingerprint density at radius 2 is 1.76 bits per heavy atom. The van der Waals surface area contributed by atoms with Crippen LogP contribution in [-0.2, 0) is 4.79 Å². The van der Waals surface area contributed by atoms with Crippen LogP contribution in [0, 0.1) is 6.92 Å².